The SMILES string of the molecule is Cn1cc(C(=O)NCCCc2nc3ccccc3s2)cn1. The molecular weight excluding hydrogens is 284 g/mol. The smallest absolute Gasteiger partial charge is 0.254 e. The quantitative estimate of drug-likeness (QED) is 0.736. The summed E-state index contributed by atoms with van der Waals surface area (Å²) in [6.45, 7) is 0.643. The summed E-state index contributed by atoms with van der Waals surface area (Å²) in [6.07, 6.45) is 5.05. The summed E-state index contributed by atoms with van der Waals surface area (Å²) in [5.74, 6) is -0.0765. The van der Waals surface area contributed by atoms with Gasteiger partial charge in [-0.15, -0.1) is 11.3 Å². The number of rotatable bonds is 5. The largest absolute Gasteiger partial charge is 0.352 e. The van der Waals surface area contributed by atoms with Crippen molar-refractivity contribution in [3.63, 3.8) is 0 Å². The maximum Gasteiger partial charge on any atom is 0.254 e. The van der Waals surface area contributed by atoms with E-state index in [1.165, 1.54) is 4.70 Å². The summed E-state index contributed by atoms with van der Waals surface area (Å²) in [7, 11) is 1.80. The van der Waals surface area contributed by atoms with Crippen LogP contribution in [0.5, 0.6) is 0 Å². The van der Waals surface area contributed by atoms with E-state index in [0.29, 0.717) is 12.1 Å². The number of para-hydroxylation sites is 1. The molecule has 1 N–H and O–H groups in total. The van der Waals surface area contributed by atoms with Crippen molar-refractivity contribution >= 4 is 27.5 Å². The first kappa shape index (κ1) is 13.8. The molecule has 5 nitrogen and oxygen atoms in total. The van der Waals surface area contributed by atoms with Crippen LogP contribution in [0.1, 0.15) is 21.8 Å². The van der Waals surface area contributed by atoms with Crippen LogP contribution in [0.15, 0.2) is 36.7 Å². The average molecular weight is 300 g/mol. The molecule has 3 rings (SSSR count). The Morgan fingerprint density at radius 1 is 1.38 bits per heavy atom. The molecule has 6 heteroatoms. The Kier molecular flexibility index (Phi) is 3.96. The summed E-state index contributed by atoms with van der Waals surface area (Å²) in [5, 5.41) is 8.00. The topological polar surface area (TPSA) is 59.8 Å². The molecule has 0 fully saturated rings. The van der Waals surface area contributed by atoms with Gasteiger partial charge in [-0.25, -0.2) is 4.98 Å². The molecule has 0 saturated carbocycles. The summed E-state index contributed by atoms with van der Waals surface area (Å²) in [4.78, 5) is 16.4. The maximum absolute atomic E-state index is 11.8. The van der Waals surface area contributed by atoms with Crippen molar-refractivity contribution in [3.8, 4) is 0 Å². The minimum Gasteiger partial charge on any atom is -0.352 e. The summed E-state index contributed by atoms with van der Waals surface area (Å²) in [5.41, 5.74) is 1.65. The zero-order valence-corrected chi connectivity index (χ0v) is 12.6. The molecule has 2 heterocycles. The minimum atomic E-state index is -0.0765. The Morgan fingerprint density at radius 2 is 2.24 bits per heavy atom. The number of aromatic nitrogens is 3. The van der Waals surface area contributed by atoms with Crippen molar-refractivity contribution < 1.29 is 4.79 Å². The third kappa shape index (κ3) is 3.28. The molecule has 0 spiro atoms. The van der Waals surface area contributed by atoms with E-state index in [9.17, 15) is 4.79 Å². The highest BCUT2D eigenvalue weighted by Crippen LogP contribution is 2.22. The van der Waals surface area contributed by atoms with E-state index in [2.05, 4.69) is 21.5 Å². The number of fused-ring (bicyclic) bond motifs is 1. The van der Waals surface area contributed by atoms with Crippen molar-refractivity contribution in [2.24, 2.45) is 7.05 Å². The van der Waals surface area contributed by atoms with Gasteiger partial charge in [-0.2, -0.15) is 5.10 Å². The Bertz CT molecular complexity index is 729. The number of nitrogens with one attached hydrogen (secondary N) is 1. The number of nitrogens with zero attached hydrogens (tertiary/aromatic N) is 3. The van der Waals surface area contributed by atoms with Crippen LogP contribution in [0.3, 0.4) is 0 Å². The maximum atomic E-state index is 11.8. The highest BCUT2D eigenvalue weighted by molar-refractivity contribution is 7.18. The van der Waals surface area contributed by atoms with Crippen molar-refractivity contribution in [2.45, 2.75) is 12.8 Å². The van der Waals surface area contributed by atoms with Crippen molar-refractivity contribution in [1.82, 2.24) is 20.1 Å². The Balaban J connectivity index is 1.49. The third-order valence-electron chi connectivity index (χ3n) is 3.16. The predicted octanol–water partition coefficient (Wildman–Crippen LogP) is 2.39. The van der Waals surface area contributed by atoms with Crippen LogP contribution in [0.2, 0.25) is 0 Å². The van der Waals surface area contributed by atoms with E-state index in [4.69, 9.17) is 0 Å². The zero-order valence-electron chi connectivity index (χ0n) is 11.7. The molecule has 0 bridgehead atoms. The fourth-order valence-corrected chi connectivity index (χ4v) is 3.12. The third-order valence-corrected chi connectivity index (χ3v) is 4.25. The van der Waals surface area contributed by atoms with Gasteiger partial charge in [0, 0.05) is 26.2 Å². The molecular formula is C15H16N4OS. The lowest BCUT2D eigenvalue weighted by atomic mass is 10.3. The first-order valence-corrected chi connectivity index (χ1v) is 7.65. The summed E-state index contributed by atoms with van der Waals surface area (Å²) in [6, 6.07) is 8.14. The van der Waals surface area contributed by atoms with Gasteiger partial charge in [-0.1, -0.05) is 12.1 Å². The molecule has 3 aromatic rings. The van der Waals surface area contributed by atoms with E-state index < -0.39 is 0 Å². The molecule has 0 aliphatic rings. The van der Waals surface area contributed by atoms with Gasteiger partial charge < -0.3 is 5.32 Å². The van der Waals surface area contributed by atoms with Crippen LogP contribution >= 0.6 is 11.3 Å². The van der Waals surface area contributed by atoms with Gasteiger partial charge in [0.15, 0.2) is 0 Å². The Labute approximate surface area is 126 Å². The van der Waals surface area contributed by atoms with Crippen molar-refractivity contribution in [1.29, 1.82) is 0 Å². The molecule has 108 valence electrons. The molecule has 0 aliphatic carbocycles. The number of amides is 1. The Morgan fingerprint density at radius 3 is 3.00 bits per heavy atom. The minimum absolute atomic E-state index is 0.0765. The first-order chi connectivity index (χ1) is 10.2. The van der Waals surface area contributed by atoms with Gasteiger partial charge in [0.1, 0.15) is 0 Å². The van der Waals surface area contributed by atoms with Crippen LogP contribution in [-0.4, -0.2) is 27.2 Å². The molecule has 0 saturated heterocycles. The first-order valence-electron chi connectivity index (χ1n) is 6.84. The molecule has 0 unspecified atom stereocenters. The number of aryl methyl sites for hydroxylation is 2. The predicted molar refractivity (Wildman–Crippen MR) is 83.5 cm³/mol. The molecule has 0 radical (unpaired) electrons. The lowest BCUT2D eigenvalue weighted by Crippen LogP contribution is -2.24. The van der Waals surface area contributed by atoms with E-state index >= 15 is 0 Å². The van der Waals surface area contributed by atoms with Crippen molar-refractivity contribution in [3.05, 3.63) is 47.2 Å². The van der Waals surface area contributed by atoms with Crippen LogP contribution in [0, 0.1) is 0 Å². The normalized spacial score (nSPS) is 10.9. The van der Waals surface area contributed by atoms with Crippen LogP contribution in [0.25, 0.3) is 10.2 Å². The molecule has 2 aromatic heterocycles. The average Bonchev–Trinajstić information content (AvgIpc) is 3.09. The summed E-state index contributed by atoms with van der Waals surface area (Å²) < 4.78 is 2.84. The van der Waals surface area contributed by atoms with Gasteiger partial charge in [0.2, 0.25) is 0 Å². The second-order valence-electron chi connectivity index (χ2n) is 4.84. The molecule has 21 heavy (non-hydrogen) atoms. The molecule has 1 aromatic carbocycles. The molecule has 0 aliphatic heterocycles. The number of carbonyl (C=O) groups excluding carboxylic acids is 1. The number of thiazole rings is 1. The van der Waals surface area contributed by atoms with Crippen LogP contribution < -0.4 is 5.32 Å². The fourth-order valence-electron chi connectivity index (χ4n) is 2.11. The Hall–Kier alpha value is -2.21. The lowest BCUT2D eigenvalue weighted by Gasteiger charge is -2.01. The zero-order chi connectivity index (χ0) is 14.7. The van der Waals surface area contributed by atoms with E-state index in [1.54, 1.807) is 35.5 Å². The number of benzene rings is 1. The second kappa shape index (κ2) is 6.05. The van der Waals surface area contributed by atoms with Crippen molar-refractivity contribution in [2.75, 3.05) is 6.54 Å². The van der Waals surface area contributed by atoms with E-state index in [-0.39, 0.29) is 5.91 Å². The monoisotopic (exact) mass is 300 g/mol. The molecule has 1 amide bonds. The number of hydrogen-bond donors (Lipinski definition) is 1. The highest BCUT2D eigenvalue weighted by Gasteiger charge is 2.07. The van der Waals surface area contributed by atoms with Gasteiger partial charge in [-0.3, -0.25) is 9.48 Å². The van der Waals surface area contributed by atoms with Gasteiger partial charge >= 0.3 is 0 Å². The van der Waals surface area contributed by atoms with Gasteiger partial charge in [0.25, 0.3) is 5.91 Å². The molecule has 0 atom stereocenters. The fraction of sp³-hybridized carbons (Fsp3) is 0.267. The summed E-state index contributed by atoms with van der Waals surface area (Å²) >= 11 is 1.72. The van der Waals surface area contributed by atoms with E-state index in [0.717, 1.165) is 23.4 Å². The van der Waals surface area contributed by atoms with Crippen LogP contribution in [0.4, 0.5) is 0 Å². The van der Waals surface area contributed by atoms with Gasteiger partial charge in [0.05, 0.1) is 27.0 Å². The van der Waals surface area contributed by atoms with E-state index in [1.807, 2.05) is 18.2 Å². The number of hydrogen-bond acceptors (Lipinski definition) is 4. The highest BCUT2D eigenvalue weighted by atomic mass is 32.1. The lowest BCUT2D eigenvalue weighted by molar-refractivity contribution is 0.0953. The van der Waals surface area contributed by atoms with Gasteiger partial charge in [-0.05, 0) is 18.6 Å². The van der Waals surface area contributed by atoms with Crippen LogP contribution in [-0.2, 0) is 13.5 Å². The standard InChI is InChI=1S/C15H16N4OS/c1-19-10-11(9-17-19)15(20)16-8-4-7-14-18-12-5-2-3-6-13(12)21-14/h2-3,5-6,9-10H,4,7-8H2,1H3,(H,16,20). The second-order valence-corrected chi connectivity index (χ2v) is 5.95. The number of carbonyl (C=O) groups is 1.